The molecule has 1 aromatic rings. The number of hydrogen-bond donors (Lipinski definition) is 1. The summed E-state index contributed by atoms with van der Waals surface area (Å²) < 4.78 is 13.1. The second kappa shape index (κ2) is 4.31. The Bertz CT molecular complexity index is 337. The van der Waals surface area contributed by atoms with Gasteiger partial charge in [-0.3, -0.25) is 0 Å². The van der Waals surface area contributed by atoms with Gasteiger partial charge in [0.15, 0.2) is 0 Å². The molecular formula is C13H18FN. The fraction of sp³-hybridized carbons (Fsp3) is 0.538. The van der Waals surface area contributed by atoms with Crippen LogP contribution < -0.4 is 5.73 Å². The fourth-order valence-corrected chi connectivity index (χ4v) is 2.52. The van der Waals surface area contributed by atoms with Crippen molar-refractivity contribution in [1.29, 1.82) is 0 Å². The second-order valence-electron chi connectivity index (χ2n) is 4.74. The summed E-state index contributed by atoms with van der Waals surface area (Å²) in [5, 5.41) is 0. The van der Waals surface area contributed by atoms with Gasteiger partial charge in [0.1, 0.15) is 5.82 Å². The van der Waals surface area contributed by atoms with Crippen LogP contribution in [-0.2, 0) is 0 Å². The minimum Gasteiger partial charge on any atom is -0.327 e. The van der Waals surface area contributed by atoms with E-state index in [1.807, 2.05) is 6.07 Å². The Hall–Kier alpha value is -0.890. The summed E-state index contributed by atoms with van der Waals surface area (Å²) in [6.45, 7) is 2.25. The van der Waals surface area contributed by atoms with E-state index in [-0.39, 0.29) is 11.9 Å². The summed E-state index contributed by atoms with van der Waals surface area (Å²) in [6, 6.07) is 7.08. The van der Waals surface area contributed by atoms with Crippen molar-refractivity contribution in [3.8, 4) is 0 Å². The van der Waals surface area contributed by atoms with Gasteiger partial charge in [0.25, 0.3) is 0 Å². The summed E-state index contributed by atoms with van der Waals surface area (Å²) >= 11 is 0. The van der Waals surface area contributed by atoms with E-state index in [0.717, 1.165) is 18.4 Å². The minimum absolute atomic E-state index is 0.155. The van der Waals surface area contributed by atoms with E-state index in [9.17, 15) is 4.39 Å². The molecule has 0 aliphatic heterocycles. The van der Waals surface area contributed by atoms with Crippen molar-refractivity contribution in [3.05, 3.63) is 35.6 Å². The fourth-order valence-electron chi connectivity index (χ4n) is 2.52. The molecule has 1 aromatic carbocycles. The van der Waals surface area contributed by atoms with Crippen molar-refractivity contribution in [1.82, 2.24) is 0 Å². The first kappa shape index (κ1) is 10.6. The molecule has 0 saturated heterocycles. The average molecular weight is 207 g/mol. The molecule has 0 bridgehead atoms. The van der Waals surface area contributed by atoms with Gasteiger partial charge in [0, 0.05) is 6.04 Å². The largest absolute Gasteiger partial charge is 0.327 e. The van der Waals surface area contributed by atoms with E-state index in [1.54, 1.807) is 12.1 Å². The zero-order chi connectivity index (χ0) is 10.8. The lowest BCUT2D eigenvalue weighted by Crippen LogP contribution is -2.33. The summed E-state index contributed by atoms with van der Waals surface area (Å²) in [5.74, 6) is 0.889. The number of rotatable bonds is 1. The minimum atomic E-state index is -0.155. The summed E-state index contributed by atoms with van der Waals surface area (Å²) in [5.41, 5.74) is 7.16. The van der Waals surface area contributed by atoms with Crippen LogP contribution in [-0.4, -0.2) is 6.04 Å². The Labute approximate surface area is 90.5 Å². The molecule has 15 heavy (non-hydrogen) atoms. The Morgan fingerprint density at radius 3 is 2.87 bits per heavy atom. The normalized spacial score (nSPS) is 31.5. The van der Waals surface area contributed by atoms with Gasteiger partial charge in [-0.25, -0.2) is 4.39 Å². The van der Waals surface area contributed by atoms with Crippen LogP contribution in [0.2, 0.25) is 0 Å². The topological polar surface area (TPSA) is 26.0 Å². The zero-order valence-corrected chi connectivity index (χ0v) is 9.12. The molecule has 0 spiro atoms. The molecule has 1 aliphatic rings. The quantitative estimate of drug-likeness (QED) is 0.752. The highest BCUT2D eigenvalue weighted by Crippen LogP contribution is 2.35. The van der Waals surface area contributed by atoms with E-state index < -0.39 is 0 Å². The Kier molecular flexibility index (Phi) is 3.06. The molecule has 3 atom stereocenters. The molecule has 82 valence electrons. The lowest BCUT2D eigenvalue weighted by atomic mass is 9.76. The highest BCUT2D eigenvalue weighted by molar-refractivity contribution is 5.23. The predicted octanol–water partition coefficient (Wildman–Crippen LogP) is 3.06. The first-order valence-electron chi connectivity index (χ1n) is 5.68. The molecule has 0 aromatic heterocycles. The smallest absolute Gasteiger partial charge is 0.123 e. The van der Waals surface area contributed by atoms with E-state index in [4.69, 9.17) is 5.73 Å². The number of halogens is 1. The summed E-state index contributed by atoms with van der Waals surface area (Å²) in [7, 11) is 0. The molecule has 1 saturated carbocycles. The predicted molar refractivity (Wildman–Crippen MR) is 60.1 cm³/mol. The molecule has 2 heteroatoms. The van der Waals surface area contributed by atoms with Crippen molar-refractivity contribution >= 4 is 0 Å². The Morgan fingerprint density at radius 1 is 1.33 bits per heavy atom. The van der Waals surface area contributed by atoms with Crippen LogP contribution in [0.25, 0.3) is 0 Å². The van der Waals surface area contributed by atoms with Gasteiger partial charge in [-0.05, 0) is 48.8 Å². The van der Waals surface area contributed by atoms with Gasteiger partial charge in [0.05, 0.1) is 0 Å². The summed E-state index contributed by atoms with van der Waals surface area (Å²) in [6.07, 6.45) is 3.35. The van der Waals surface area contributed by atoms with E-state index >= 15 is 0 Å². The van der Waals surface area contributed by atoms with Crippen molar-refractivity contribution in [2.24, 2.45) is 11.7 Å². The van der Waals surface area contributed by atoms with Crippen LogP contribution in [0.4, 0.5) is 4.39 Å². The van der Waals surface area contributed by atoms with Crippen molar-refractivity contribution < 1.29 is 4.39 Å². The van der Waals surface area contributed by atoms with Crippen molar-refractivity contribution in [3.63, 3.8) is 0 Å². The van der Waals surface area contributed by atoms with Crippen LogP contribution in [0, 0.1) is 11.7 Å². The third kappa shape index (κ3) is 2.37. The maximum absolute atomic E-state index is 13.1. The van der Waals surface area contributed by atoms with Gasteiger partial charge in [-0.1, -0.05) is 19.1 Å². The van der Waals surface area contributed by atoms with Gasteiger partial charge in [-0.15, -0.1) is 0 Å². The molecule has 0 radical (unpaired) electrons. The highest BCUT2D eigenvalue weighted by Gasteiger charge is 2.27. The van der Waals surface area contributed by atoms with E-state index in [0.29, 0.717) is 11.8 Å². The SMILES string of the molecule is CC1CCC(N)C(c2cccc(F)c2)C1. The maximum atomic E-state index is 13.1. The third-order valence-corrected chi connectivity index (χ3v) is 3.44. The standard InChI is InChI=1S/C13H18FN/c1-9-5-6-13(15)12(7-9)10-3-2-4-11(14)8-10/h2-4,8-9,12-13H,5-7,15H2,1H3. The van der Waals surface area contributed by atoms with Crippen LogP contribution in [0.5, 0.6) is 0 Å². The van der Waals surface area contributed by atoms with E-state index in [1.165, 1.54) is 12.5 Å². The molecule has 0 amide bonds. The molecule has 1 fully saturated rings. The molecule has 2 N–H and O–H groups in total. The van der Waals surface area contributed by atoms with Crippen molar-refractivity contribution in [2.75, 3.05) is 0 Å². The Morgan fingerprint density at radius 2 is 2.13 bits per heavy atom. The van der Waals surface area contributed by atoms with Crippen LogP contribution in [0.15, 0.2) is 24.3 Å². The average Bonchev–Trinajstić information content (AvgIpc) is 2.22. The number of nitrogens with two attached hydrogens (primary N) is 1. The highest BCUT2D eigenvalue weighted by atomic mass is 19.1. The van der Waals surface area contributed by atoms with E-state index in [2.05, 4.69) is 6.92 Å². The van der Waals surface area contributed by atoms with Gasteiger partial charge in [-0.2, -0.15) is 0 Å². The molecule has 3 unspecified atom stereocenters. The lowest BCUT2D eigenvalue weighted by molar-refractivity contribution is 0.306. The third-order valence-electron chi connectivity index (χ3n) is 3.44. The van der Waals surface area contributed by atoms with Crippen molar-refractivity contribution in [2.45, 2.75) is 38.1 Å². The monoisotopic (exact) mass is 207 g/mol. The first-order chi connectivity index (χ1) is 7.16. The van der Waals surface area contributed by atoms with Gasteiger partial charge >= 0.3 is 0 Å². The maximum Gasteiger partial charge on any atom is 0.123 e. The zero-order valence-electron chi connectivity index (χ0n) is 9.12. The number of hydrogen-bond acceptors (Lipinski definition) is 1. The first-order valence-corrected chi connectivity index (χ1v) is 5.68. The molecule has 0 heterocycles. The van der Waals surface area contributed by atoms with Gasteiger partial charge < -0.3 is 5.73 Å². The van der Waals surface area contributed by atoms with Gasteiger partial charge in [0.2, 0.25) is 0 Å². The molecular weight excluding hydrogens is 189 g/mol. The van der Waals surface area contributed by atoms with Crippen LogP contribution in [0.1, 0.15) is 37.7 Å². The van der Waals surface area contributed by atoms with Crippen LogP contribution >= 0.6 is 0 Å². The Balaban J connectivity index is 2.21. The van der Waals surface area contributed by atoms with Crippen LogP contribution in [0.3, 0.4) is 0 Å². The number of benzene rings is 1. The second-order valence-corrected chi connectivity index (χ2v) is 4.74. The lowest BCUT2D eigenvalue weighted by Gasteiger charge is -2.32. The molecule has 2 rings (SSSR count). The molecule has 1 aliphatic carbocycles. The summed E-state index contributed by atoms with van der Waals surface area (Å²) in [4.78, 5) is 0. The molecule has 1 nitrogen and oxygen atoms in total.